The molecule has 0 aliphatic heterocycles. The van der Waals surface area contributed by atoms with Crippen molar-refractivity contribution >= 4 is 5.91 Å². The molecular weight excluding hydrogens is 562 g/mol. The summed E-state index contributed by atoms with van der Waals surface area (Å²) in [6.45, 7) is 7.33. The van der Waals surface area contributed by atoms with Gasteiger partial charge in [-0.05, 0) is 45.3 Å². The number of carbonyl (C=O) groups is 1. The number of carbonyl (C=O) groups excluding carboxylic acids is 1. The molecule has 0 bridgehead atoms. The predicted molar refractivity (Wildman–Crippen MR) is 207 cm³/mol. The zero-order valence-corrected chi connectivity index (χ0v) is 32.0. The van der Waals surface area contributed by atoms with Crippen LogP contribution in [0.5, 0.6) is 0 Å². The number of nitrogens with zero attached hydrogens (tertiary/aromatic N) is 1. The van der Waals surface area contributed by atoms with Crippen LogP contribution in [0.1, 0.15) is 239 Å². The van der Waals surface area contributed by atoms with E-state index in [1.807, 2.05) is 0 Å². The molecule has 4 N–H and O–H groups in total. The Balaban J connectivity index is 3.97. The third kappa shape index (κ3) is 33.3. The Bertz CT molecular complexity index is 547. The number of amides is 1. The number of hydrogen-bond acceptors (Lipinski definition) is 3. The molecule has 1 atom stereocenters. The number of primary amides is 1. The van der Waals surface area contributed by atoms with Crippen LogP contribution >= 0.6 is 0 Å². The van der Waals surface area contributed by atoms with Gasteiger partial charge in [0.2, 0.25) is 5.91 Å². The van der Waals surface area contributed by atoms with E-state index in [9.17, 15) is 4.79 Å². The SMILES string of the molecule is CCCCCCCCCCCCCCCCCCN(CCCCCCCCCCCCCCCCCC)[C@@H](CCCCN)C(N)=O. The molecular formula is C42H87N3O. The van der Waals surface area contributed by atoms with E-state index < -0.39 is 0 Å². The minimum absolute atomic E-state index is 0.112. The first-order valence-electron chi connectivity index (χ1n) is 21.4. The van der Waals surface area contributed by atoms with Crippen molar-refractivity contribution in [2.45, 2.75) is 245 Å². The van der Waals surface area contributed by atoms with Gasteiger partial charge in [-0.25, -0.2) is 0 Å². The Morgan fingerprint density at radius 1 is 0.413 bits per heavy atom. The van der Waals surface area contributed by atoms with Gasteiger partial charge in [-0.2, -0.15) is 0 Å². The average molecular weight is 650 g/mol. The molecule has 0 aromatic rings. The molecule has 0 spiro atoms. The lowest BCUT2D eigenvalue weighted by atomic mass is 10.0. The van der Waals surface area contributed by atoms with Crippen LogP contribution in [0.25, 0.3) is 0 Å². The van der Waals surface area contributed by atoms with Gasteiger partial charge in [-0.3, -0.25) is 9.69 Å². The van der Waals surface area contributed by atoms with Gasteiger partial charge < -0.3 is 11.5 Å². The molecule has 4 nitrogen and oxygen atoms in total. The minimum atomic E-state index is -0.134. The van der Waals surface area contributed by atoms with Gasteiger partial charge >= 0.3 is 0 Å². The van der Waals surface area contributed by atoms with E-state index in [2.05, 4.69) is 18.7 Å². The zero-order chi connectivity index (χ0) is 33.6. The zero-order valence-electron chi connectivity index (χ0n) is 32.0. The second-order valence-corrected chi connectivity index (χ2v) is 14.8. The number of hydrogen-bond donors (Lipinski definition) is 2. The molecule has 0 radical (unpaired) electrons. The summed E-state index contributed by atoms with van der Waals surface area (Å²) < 4.78 is 0. The molecule has 0 heterocycles. The minimum Gasteiger partial charge on any atom is -0.368 e. The monoisotopic (exact) mass is 650 g/mol. The van der Waals surface area contributed by atoms with Crippen molar-refractivity contribution in [3.63, 3.8) is 0 Å². The van der Waals surface area contributed by atoms with Crippen LogP contribution in [0, 0.1) is 0 Å². The number of unbranched alkanes of at least 4 members (excludes halogenated alkanes) is 31. The van der Waals surface area contributed by atoms with Crippen LogP contribution in [-0.2, 0) is 4.79 Å². The smallest absolute Gasteiger partial charge is 0.234 e. The second-order valence-electron chi connectivity index (χ2n) is 14.8. The third-order valence-corrected chi connectivity index (χ3v) is 10.3. The molecule has 1 amide bonds. The van der Waals surface area contributed by atoms with Gasteiger partial charge in [0.1, 0.15) is 0 Å². The lowest BCUT2D eigenvalue weighted by molar-refractivity contribution is -0.123. The van der Waals surface area contributed by atoms with Crippen molar-refractivity contribution < 1.29 is 4.79 Å². The van der Waals surface area contributed by atoms with Crippen molar-refractivity contribution in [1.29, 1.82) is 0 Å². The molecule has 0 aromatic carbocycles. The summed E-state index contributed by atoms with van der Waals surface area (Å²) in [5, 5.41) is 0. The Kier molecular flexibility index (Phi) is 38.3. The first-order chi connectivity index (χ1) is 22.7. The summed E-state index contributed by atoms with van der Waals surface area (Å²) in [5.74, 6) is -0.134. The molecule has 0 aromatic heterocycles. The van der Waals surface area contributed by atoms with E-state index in [-0.39, 0.29) is 11.9 Å². The van der Waals surface area contributed by atoms with Crippen molar-refractivity contribution in [3.05, 3.63) is 0 Å². The van der Waals surface area contributed by atoms with Crippen LogP contribution < -0.4 is 11.5 Å². The largest absolute Gasteiger partial charge is 0.368 e. The van der Waals surface area contributed by atoms with Gasteiger partial charge in [0.25, 0.3) is 0 Å². The van der Waals surface area contributed by atoms with Gasteiger partial charge in [0.05, 0.1) is 6.04 Å². The van der Waals surface area contributed by atoms with Crippen LogP contribution in [0.2, 0.25) is 0 Å². The highest BCUT2D eigenvalue weighted by Gasteiger charge is 2.22. The lowest BCUT2D eigenvalue weighted by Gasteiger charge is -2.30. The van der Waals surface area contributed by atoms with Crippen LogP contribution in [-0.4, -0.2) is 36.5 Å². The summed E-state index contributed by atoms with van der Waals surface area (Å²) in [5.41, 5.74) is 11.7. The highest BCUT2D eigenvalue weighted by molar-refractivity contribution is 5.79. The van der Waals surface area contributed by atoms with Crippen LogP contribution in [0.4, 0.5) is 0 Å². The fraction of sp³-hybridized carbons (Fsp3) is 0.976. The van der Waals surface area contributed by atoms with Gasteiger partial charge in [-0.1, -0.05) is 213 Å². The average Bonchev–Trinajstić information content (AvgIpc) is 3.05. The van der Waals surface area contributed by atoms with Crippen molar-refractivity contribution in [2.24, 2.45) is 11.5 Å². The fourth-order valence-corrected chi connectivity index (χ4v) is 7.14. The molecule has 4 heteroatoms. The normalized spacial score (nSPS) is 12.3. The Morgan fingerprint density at radius 2 is 0.674 bits per heavy atom. The summed E-state index contributed by atoms with van der Waals surface area (Å²) in [6.07, 6.45) is 47.4. The maximum Gasteiger partial charge on any atom is 0.234 e. The molecule has 276 valence electrons. The standard InChI is InChI=1S/C42H87N3O/c1-3-5-7-9-11-13-15-17-19-21-23-25-27-29-31-35-39-45(41(42(44)46)37-33-34-38-43)40-36-32-30-28-26-24-22-20-18-16-14-12-10-8-6-4-2/h41H,3-40,43H2,1-2H3,(H2,44,46)/t41-/m0/s1. The van der Waals surface area contributed by atoms with Crippen molar-refractivity contribution in [2.75, 3.05) is 19.6 Å². The first kappa shape index (κ1) is 45.4. The third-order valence-electron chi connectivity index (χ3n) is 10.3. The Hall–Kier alpha value is -0.610. The molecule has 0 unspecified atom stereocenters. The summed E-state index contributed by atoms with van der Waals surface area (Å²) in [6, 6.07) is -0.112. The first-order valence-corrected chi connectivity index (χ1v) is 21.4. The van der Waals surface area contributed by atoms with E-state index in [1.165, 1.54) is 205 Å². The summed E-state index contributed by atoms with van der Waals surface area (Å²) >= 11 is 0. The van der Waals surface area contributed by atoms with E-state index in [0.29, 0.717) is 6.54 Å². The highest BCUT2D eigenvalue weighted by Crippen LogP contribution is 2.17. The molecule has 0 saturated heterocycles. The molecule has 0 saturated carbocycles. The van der Waals surface area contributed by atoms with Crippen molar-refractivity contribution in [3.8, 4) is 0 Å². The molecule has 46 heavy (non-hydrogen) atoms. The molecule has 0 aliphatic carbocycles. The Morgan fingerprint density at radius 3 is 0.913 bits per heavy atom. The maximum atomic E-state index is 12.4. The number of nitrogens with two attached hydrogens (primary N) is 2. The molecule has 0 rings (SSSR count). The fourth-order valence-electron chi connectivity index (χ4n) is 7.14. The van der Waals surface area contributed by atoms with Crippen molar-refractivity contribution in [1.82, 2.24) is 4.90 Å². The quantitative estimate of drug-likeness (QED) is 0.0649. The van der Waals surface area contributed by atoms with Crippen LogP contribution in [0.3, 0.4) is 0 Å². The second kappa shape index (κ2) is 38.8. The summed E-state index contributed by atoms with van der Waals surface area (Å²) in [4.78, 5) is 14.9. The predicted octanol–water partition coefficient (Wildman–Crippen LogP) is 12.8. The van der Waals surface area contributed by atoms with E-state index in [0.717, 1.165) is 32.4 Å². The highest BCUT2D eigenvalue weighted by atomic mass is 16.1. The number of rotatable bonds is 40. The van der Waals surface area contributed by atoms with Gasteiger partial charge in [0.15, 0.2) is 0 Å². The topological polar surface area (TPSA) is 72.3 Å². The Labute approximate surface area is 290 Å². The van der Waals surface area contributed by atoms with Crippen LogP contribution in [0.15, 0.2) is 0 Å². The lowest BCUT2D eigenvalue weighted by Crippen LogP contribution is -2.45. The molecule has 0 aliphatic rings. The van der Waals surface area contributed by atoms with E-state index in [1.54, 1.807) is 0 Å². The summed E-state index contributed by atoms with van der Waals surface area (Å²) in [7, 11) is 0. The van der Waals surface area contributed by atoms with E-state index in [4.69, 9.17) is 11.5 Å². The maximum absolute atomic E-state index is 12.4. The molecule has 0 fully saturated rings. The van der Waals surface area contributed by atoms with E-state index >= 15 is 0 Å². The van der Waals surface area contributed by atoms with Gasteiger partial charge in [0, 0.05) is 0 Å². The van der Waals surface area contributed by atoms with Gasteiger partial charge in [-0.15, -0.1) is 0 Å².